The van der Waals surface area contributed by atoms with Crippen molar-refractivity contribution in [2.45, 2.75) is 57.8 Å². The molecule has 11 heteroatoms. The van der Waals surface area contributed by atoms with E-state index in [0.717, 1.165) is 33.6 Å². The fourth-order valence-corrected chi connectivity index (χ4v) is 19.5. The topological polar surface area (TPSA) is 75.8 Å². The fourth-order valence-electron chi connectivity index (χ4n) is 17.0. The molecule has 0 amide bonds. The Morgan fingerprint density at radius 2 is 0.345 bits per heavy atom. The van der Waals surface area contributed by atoms with Crippen LogP contribution < -0.4 is 0 Å². The average molecular weight is 1830 g/mol. The molecule has 0 fully saturated rings. The molecule has 6 nitrogen and oxygen atoms in total. The third-order valence-corrected chi connectivity index (χ3v) is 24.4. The van der Waals surface area contributed by atoms with Crippen LogP contribution in [0.25, 0.3) is 160 Å². The van der Waals surface area contributed by atoms with E-state index in [1.54, 1.807) is 34.0 Å². The van der Waals surface area contributed by atoms with Gasteiger partial charge >= 0.3 is 40.2 Å². The van der Waals surface area contributed by atoms with Gasteiger partial charge in [0.1, 0.15) is 0 Å². The Hall–Kier alpha value is -10.9. The van der Waals surface area contributed by atoms with Gasteiger partial charge < -0.3 is 0 Å². The van der Waals surface area contributed by atoms with Crippen molar-refractivity contribution in [1.82, 2.24) is 15.0 Å². The van der Waals surface area contributed by atoms with Gasteiger partial charge in [0.25, 0.3) is 0 Å². The minimum absolute atomic E-state index is 0. The molecule has 24 rings (SSSR count). The summed E-state index contributed by atoms with van der Waals surface area (Å²) in [6.45, 7) is 13.4. The van der Waals surface area contributed by atoms with E-state index in [2.05, 4.69) is 366 Å². The van der Waals surface area contributed by atoms with Crippen LogP contribution in [0.5, 0.6) is 0 Å². The molecular weight excluding hydrogens is 1750 g/mol. The van der Waals surface area contributed by atoms with Crippen molar-refractivity contribution >= 4 is 230 Å². The van der Waals surface area contributed by atoms with Gasteiger partial charge in [0.2, 0.25) is 0 Å². The standard InChI is InChI=1S/3C18H15N.3C15H9NS.2Ir/c3*1-18(2)11-19-17-15-10-6-4-8-13(15)12-7-3-5-9-14(12)16(17)18;3*1-3-7-12-10(5-1)11-6-2-4-8-13(11)15-14(12)16-9-17-15;;/h3*3-11H,1-2H3;3*1-9H;;/q;;;;;;2*+3. The Bertz CT molecular complexity index is 6430. The van der Waals surface area contributed by atoms with E-state index < -0.39 is 0 Å². The number of aliphatic imine (C=N–C) groups is 3. The maximum atomic E-state index is 4.71. The number of benzene rings is 18. The average Bonchev–Trinajstić information content (AvgIpc) is 1.17. The van der Waals surface area contributed by atoms with Crippen molar-refractivity contribution in [3.63, 3.8) is 0 Å². The number of hydrogen-bond acceptors (Lipinski definition) is 9. The van der Waals surface area contributed by atoms with E-state index in [-0.39, 0.29) is 56.5 Å². The van der Waals surface area contributed by atoms with Crippen molar-refractivity contribution in [3.05, 3.63) is 324 Å². The van der Waals surface area contributed by atoms with Gasteiger partial charge in [-0.05, 0) is 97.5 Å². The van der Waals surface area contributed by atoms with Crippen LogP contribution in [-0.2, 0) is 56.5 Å². The van der Waals surface area contributed by atoms with Crippen LogP contribution in [0.3, 0.4) is 0 Å². The quantitative estimate of drug-likeness (QED) is 0.142. The van der Waals surface area contributed by atoms with Gasteiger partial charge in [-0.25, -0.2) is 15.0 Å². The van der Waals surface area contributed by atoms with Crippen LogP contribution in [0.15, 0.2) is 323 Å². The van der Waals surface area contributed by atoms with Crippen LogP contribution in [0, 0.1) is 0 Å². The first kappa shape index (κ1) is 71.9. The summed E-state index contributed by atoms with van der Waals surface area (Å²) >= 11 is 5.16. The van der Waals surface area contributed by atoms with Gasteiger partial charge in [-0.3, -0.25) is 15.0 Å². The summed E-state index contributed by atoms with van der Waals surface area (Å²) in [6.07, 6.45) is 6.24. The molecule has 0 N–H and O–H groups in total. The molecule has 0 bridgehead atoms. The van der Waals surface area contributed by atoms with E-state index in [0.29, 0.717) is 0 Å². The molecule has 3 aliphatic rings. The number of aromatic nitrogens is 3. The number of nitrogens with zero attached hydrogens (tertiary/aromatic N) is 6. The number of thiazole rings is 3. The number of rotatable bonds is 0. The Morgan fingerprint density at radius 1 is 0.191 bits per heavy atom. The smallest absolute Gasteiger partial charge is 0.259 e. The summed E-state index contributed by atoms with van der Waals surface area (Å²) in [7, 11) is 0. The van der Waals surface area contributed by atoms with Crippen molar-refractivity contribution in [1.29, 1.82) is 0 Å². The maximum Gasteiger partial charge on any atom is 3.00 e. The molecular formula is C99H72Ir2N6S3+6. The monoisotopic (exact) mass is 1830 g/mol. The minimum Gasteiger partial charge on any atom is -0.259 e. The second kappa shape index (κ2) is 29.1. The zero-order chi connectivity index (χ0) is 72.8. The molecule has 0 saturated carbocycles. The SMILES string of the molecule is CC1(C)C=Nc2c1c1ccccc1c1ccccc21.CC1(C)C=Nc2c1c1ccccc1c1ccccc21.CC1(C)C=Nc2c1c1ccccc1c1ccccc21.[Ir+3].[Ir+3].c1ccc2c(c1)c1ccccc1c1scnc21.c1ccc2c(c1)c1ccccc1c1scnc21.c1ccc2c(c1)c1ccccc1c1scnc21. The summed E-state index contributed by atoms with van der Waals surface area (Å²) in [6, 6.07) is 103. The second-order valence-electron chi connectivity index (χ2n) is 29.7. The molecule has 110 heavy (non-hydrogen) atoms. The van der Waals surface area contributed by atoms with Gasteiger partial charge in [-0.1, -0.05) is 333 Å². The number of fused-ring (bicyclic) bond motifs is 36. The summed E-state index contributed by atoms with van der Waals surface area (Å²) in [5.74, 6) is 0. The second-order valence-corrected chi connectivity index (χ2v) is 32.3. The predicted molar refractivity (Wildman–Crippen MR) is 472 cm³/mol. The van der Waals surface area contributed by atoms with Crippen LogP contribution in [0.2, 0.25) is 0 Å². The van der Waals surface area contributed by atoms with Crippen LogP contribution in [-0.4, -0.2) is 33.6 Å². The molecule has 6 heterocycles. The van der Waals surface area contributed by atoms with E-state index >= 15 is 0 Å². The number of hydrogen-bond donors (Lipinski definition) is 0. The summed E-state index contributed by atoms with van der Waals surface area (Å²) in [5, 5.41) is 31.2. The van der Waals surface area contributed by atoms with Crippen molar-refractivity contribution < 1.29 is 40.2 Å². The van der Waals surface area contributed by atoms with E-state index in [9.17, 15) is 0 Å². The third-order valence-electron chi connectivity index (χ3n) is 21.8. The van der Waals surface area contributed by atoms with Crippen molar-refractivity contribution in [2.75, 3.05) is 0 Å². The van der Waals surface area contributed by atoms with Crippen LogP contribution in [0.1, 0.15) is 58.2 Å². The normalized spacial score (nSPS) is 13.7. The van der Waals surface area contributed by atoms with Gasteiger partial charge in [-0.2, -0.15) is 0 Å². The molecule has 18 aromatic carbocycles. The van der Waals surface area contributed by atoms with Crippen LogP contribution >= 0.6 is 34.0 Å². The zero-order valence-electron chi connectivity index (χ0n) is 61.3. The maximum absolute atomic E-state index is 4.71. The van der Waals surface area contributed by atoms with E-state index in [1.807, 2.05) is 16.5 Å². The first-order valence-electron chi connectivity index (χ1n) is 36.8. The summed E-state index contributed by atoms with van der Waals surface area (Å²) < 4.78 is 3.87. The van der Waals surface area contributed by atoms with E-state index in [1.165, 1.54) is 160 Å². The molecule has 0 unspecified atom stereocenters. The van der Waals surface area contributed by atoms with Crippen molar-refractivity contribution in [2.24, 2.45) is 15.0 Å². The first-order valence-corrected chi connectivity index (χ1v) is 39.4. The van der Waals surface area contributed by atoms with Gasteiger partial charge in [-0.15, -0.1) is 34.0 Å². The van der Waals surface area contributed by atoms with Crippen molar-refractivity contribution in [3.8, 4) is 0 Å². The van der Waals surface area contributed by atoms with E-state index in [4.69, 9.17) is 15.0 Å². The van der Waals surface area contributed by atoms with Gasteiger partial charge in [0.05, 0.1) is 64.2 Å². The largest absolute Gasteiger partial charge is 3.00 e. The molecule has 528 valence electrons. The molecule has 3 aromatic heterocycles. The van der Waals surface area contributed by atoms with Crippen LogP contribution in [0.4, 0.5) is 17.1 Å². The minimum atomic E-state index is 0. The molecule has 21 aromatic rings. The van der Waals surface area contributed by atoms with Gasteiger partial charge in [0, 0.05) is 83.4 Å². The molecule has 0 radical (unpaired) electrons. The van der Waals surface area contributed by atoms with Gasteiger partial charge in [0.15, 0.2) is 0 Å². The molecule has 3 aliphatic heterocycles. The molecule has 0 saturated heterocycles. The fraction of sp³-hybridized carbons (Fsp3) is 0.0909. The summed E-state index contributed by atoms with van der Waals surface area (Å²) in [4.78, 5) is 27.7. The Morgan fingerprint density at radius 3 is 0.564 bits per heavy atom. The first-order chi connectivity index (χ1) is 52.9. The molecule has 0 spiro atoms. The summed E-state index contributed by atoms with van der Waals surface area (Å²) in [5.41, 5.74) is 16.8. The Kier molecular flexibility index (Phi) is 19.1. The molecule has 0 aliphatic carbocycles. The Balaban J connectivity index is 0.0000000959. The molecule has 0 atom stereocenters. The third kappa shape index (κ3) is 12.2. The Labute approximate surface area is 676 Å². The zero-order valence-corrected chi connectivity index (χ0v) is 68.5. The predicted octanol–water partition coefficient (Wildman–Crippen LogP) is 28.8.